The number of nitrogens with zero attached hydrogens (tertiary/aromatic N) is 3. The van der Waals surface area contributed by atoms with Gasteiger partial charge in [0.1, 0.15) is 41.3 Å². The molecule has 2 unspecified atom stereocenters. The number of rotatable bonds is 11. The number of methoxy groups -OCH3 is 1. The van der Waals surface area contributed by atoms with Crippen molar-refractivity contribution in [1.29, 1.82) is 0 Å². The zero-order valence-electron chi connectivity index (χ0n) is 37.7. The molecule has 1 saturated heterocycles. The van der Waals surface area contributed by atoms with Gasteiger partial charge in [-0.3, -0.25) is 24.1 Å². The lowest BCUT2D eigenvalue weighted by atomic mass is 9.88. The third-order valence-electron chi connectivity index (χ3n) is 14.0. The van der Waals surface area contributed by atoms with E-state index in [9.17, 15) is 22.8 Å². The predicted molar refractivity (Wildman–Crippen MR) is 240 cm³/mol. The molecule has 9 rings (SSSR count). The number of nitrogens with one attached hydrogen (secondary N) is 3. The first-order valence-corrected chi connectivity index (χ1v) is 24.7. The molecule has 0 bridgehead atoms. The highest BCUT2D eigenvalue weighted by atomic mass is 32.2. The number of ether oxygens (including phenoxy) is 4. The lowest BCUT2D eigenvalue weighted by molar-refractivity contribution is -0.142. The molecule has 3 N–H and O–H groups in total. The summed E-state index contributed by atoms with van der Waals surface area (Å²) >= 11 is 0. The predicted octanol–water partition coefficient (Wildman–Crippen LogP) is 5.83. The molecule has 10 atom stereocenters. The number of alkyl carbamates (subject to hydrolysis) is 1. The van der Waals surface area contributed by atoms with Gasteiger partial charge in [-0.05, 0) is 137 Å². The summed E-state index contributed by atoms with van der Waals surface area (Å²) in [5.41, 5.74) is -0.478. The molecule has 17 heteroatoms. The molecule has 4 heterocycles. The van der Waals surface area contributed by atoms with Gasteiger partial charge in [0.05, 0.1) is 42.6 Å². The first kappa shape index (κ1) is 44.7. The number of hydrogen-bond donors (Lipinski definition) is 3. The minimum Gasteiger partial charge on any atom is -0.497 e. The van der Waals surface area contributed by atoms with E-state index in [0.717, 1.165) is 31.1 Å². The van der Waals surface area contributed by atoms with Crippen LogP contribution in [0.3, 0.4) is 0 Å². The van der Waals surface area contributed by atoms with E-state index >= 15 is 4.79 Å². The third kappa shape index (κ3) is 9.75. The number of sulfonamides is 1. The molecule has 0 spiro atoms. The van der Waals surface area contributed by atoms with E-state index in [4.69, 9.17) is 23.9 Å². The van der Waals surface area contributed by atoms with Crippen LogP contribution in [0.15, 0.2) is 54.7 Å². The highest BCUT2D eigenvalue weighted by molar-refractivity contribution is 7.91. The highest BCUT2D eigenvalue weighted by Gasteiger charge is 2.62. The van der Waals surface area contributed by atoms with Crippen molar-refractivity contribution in [1.82, 2.24) is 30.2 Å². The van der Waals surface area contributed by atoms with Crippen LogP contribution >= 0.6 is 0 Å². The van der Waals surface area contributed by atoms with E-state index in [2.05, 4.69) is 27.3 Å². The van der Waals surface area contributed by atoms with Crippen LogP contribution in [-0.4, -0.2) is 102 Å². The maximum absolute atomic E-state index is 15.1. The second kappa shape index (κ2) is 17.7. The average Bonchev–Trinajstić information content (AvgIpc) is 4.23. The summed E-state index contributed by atoms with van der Waals surface area (Å²) in [6.07, 6.45) is 9.75. The van der Waals surface area contributed by atoms with E-state index in [-0.39, 0.29) is 49.3 Å². The highest BCUT2D eigenvalue weighted by Crippen LogP contribution is 2.52. The van der Waals surface area contributed by atoms with Gasteiger partial charge in [0.25, 0.3) is 5.91 Å². The van der Waals surface area contributed by atoms with Crippen LogP contribution < -0.4 is 29.6 Å². The second-order valence-corrected chi connectivity index (χ2v) is 21.5. The number of pyridine rings is 2. The van der Waals surface area contributed by atoms with Crippen molar-refractivity contribution in [3.63, 3.8) is 0 Å². The zero-order chi connectivity index (χ0) is 45.8. The Labute approximate surface area is 380 Å². The molecule has 16 nitrogen and oxygen atoms in total. The Morgan fingerprint density at radius 1 is 0.938 bits per heavy atom. The number of aromatic nitrogens is 2. The van der Waals surface area contributed by atoms with Crippen molar-refractivity contribution in [3.8, 4) is 28.8 Å². The maximum Gasteiger partial charge on any atom is 0.408 e. The Morgan fingerprint density at radius 3 is 2.42 bits per heavy atom. The monoisotopic (exact) mass is 912 g/mol. The normalized spacial score (nSPS) is 31.6. The molecule has 1 aromatic carbocycles. The molecule has 5 fully saturated rings. The largest absolute Gasteiger partial charge is 0.497 e. The number of allylic oxidation sites excluding steroid dienone is 1. The molecule has 65 heavy (non-hydrogen) atoms. The Bertz CT molecular complexity index is 2470. The number of benzene rings is 1. The molecule has 4 amide bonds. The number of fused-ring (bicyclic) bond motifs is 4. The second-order valence-electron chi connectivity index (χ2n) is 19.6. The summed E-state index contributed by atoms with van der Waals surface area (Å²) < 4.78 is 52.4. The van der Waals surface area contributed by atoms with Crippen molar-refractivity contribution in [3.05, 3.63) is 54.7 Å². The Morgan fingerprint density at radius 2 is 1.71 bits per heavy atom. The SMILES string of the molecule is COc1ccc2c(O[C@@H]3C[C@H]4C(=O)N[C@]5(C(=O)NS(=O)(=O)C6CC6)CC5/C=C\CC[C@H](C)C[C@@H](C)[C@H](NC(=O)OC5C[C@@H]6C[C@@H]6C5)C(=O)N4C3)nc(-c3ccc(OC(C)C)cn3)cc2c1. The molecule has 6 aliphatic rings. The van der Waals surface area contributed by atoms with Crippen LogP contribution in [0, 0.1) is 29.6 Å². The summed E-state index contributed by atoms with van der Waals surface area (Å²) in [6.45, 7) is 7.84. The number of carbonyl (C=O) groups is 4. The van der Waals surface area contributed by atoms with E-state index in [1.807, 2.05) is 63.3 Å². The van der Waals surface area contributed by atoms with Gasteiger partial charge in [-0.2, -0.15) is 0 Å². The molecule has 4 saturated carbocycles. The molecule has 348 valence electrons. The van der Waals surface area contributed by atoms with Crippen molar-refractivity contribution in [2.45, 2.75) is 133 Å². The standard InChI is InChI=1S/C48H60N6O10S/c1-26(2)62-34-11-15-39(49-24-34)40-21-31-20-33(61-5)10-14-38(31)44(50-40)63-36-22-41-43(55)52-48(46(57)53-65(59,60)37-12-13-37)23-32(48)9-7-6-8-27(3)16-28(4)42(45(56)54(41)25-36)51-47(58)64-35-18-29-17-30(29)19-35/h7,9-11,14-15,20-21,24,26-30,32,35-37,41-42H,6,8,12-13,16-19,22-23,25H2,1-5H3,(H,51,58)(H,52,55)(H,53,57)/b9-7-/t27-,28+,29-,30+,32?,35?,36+,41-,42-,48+/m0/s1. The Kier molecular flexibility index (Phi) is 12.2. The third-order valence-corrected chi connectivity index (χ3v) is 15.8. The lowest BCUT2D eigenvalue weighted by Gasteiger charge is -2.33. The van der Waals surface area contributed by atoms with E-state index in [0.29, 0.717) is 65.8 Å². The molecular weight excluding hydrogens is 853 g/mol. The fraction of sp³-hybridized carbons (Fsp3) is 0.583. The van der Waals surface area contributed by atoms with Crippen molar-refractivity contribution < 1.29 is 46.5 Å². The fourth-order valence-corrected chi connectivity index (χ4v) is 11.5. The lowest BCUT2D eigenvalue weighted by Crippen LogP contribution is -2.59. The molecule has 4 aliphatic carbocycles. The van der Waals surface area contributed by atoms with Crippen LogP contribution in [0.1, 0.15) is 91.9 Å². The molecule has 2 aromatic heterocycles. The van der Waals surface area contributed by atoms with E-state index in [1.165, 1.54) is 4.90 Å². The topological polar surface area (TPSA) is 204 Å². The van der Waals surface area contributed by atoms with Crippen LogP contribution in [0.2, 0.25) is 0 Å². The quantitative estimate of drug-likeness (QED) is 0.195. The van der Waals surface area contributed by atoms with Gasteiger partial charge in [-0.25, -0.2) is 18.2 Å². The molecule has 3 aromatic rings. The van der Waals surface area contributed by atoms with Gasteiger partial charge < -0.3 is 34.5 Å². The van der Waals surface area contributed by atoms with Gasteiger partial charge >= 0.3 is 6.09 Å². The number of amides is 4. The van der Waals surface area contributed by atoms with Crippen molar-refractivity contribution in [2.24, 2.45) is 29.6 Å². The molecular formula is C48H60N6O10S. The van der Waals surface area contributed by atoms with Gasteiger partial charge in [0.2, 0.25) is 27.7 Å². The van der Waals surface area contributed by atoms with Crippen molar-refractivity contribution >= 4 is 44.6 Å². The number of hydrogen-bond acceptors (Lipinski definition) is 12. The summed E-state index contributed by atoms with van der Waals surface area (Å²) in [5, 5.41) is 6.63. The van der Waals surface area contributed by atoms with Crippen LogP contribution in [-0.2, 0) is 29.1 Å². The smallest absolute Gasteiger partial charge is 0.408 e. The minimum absolute atomic E-state index is 0.00595. The summed E-state index contributed by atoms with van der Waals surface area (Å²) in [5.74, 6) is 0.0667. The van der Waals surface area contributed by atoms with Crippen LogP contribution in [0.25, 0.3) is 22.2 Å². The van der Waals surface area contributed by atoms with Gasteiger partial charge in [0.15, 0.2) is 0 Å². The zero-order valence-corrected chi connectivity index (χ0v) is 38.5. The van der Waals surface area contributed by atoms with E-state index < -0.39 is 68.7 Å². The minimum atomic E-state index is -3.93. The Hall–Kier alpha value is -5.45. The van der Waals surface area contributed by atoms with Gasteiger partial charge in [0, 0.05) is 17.7 Å². The summed E-state index contributed by atoms with van der Waals surface area (Å²) in [7, 11) is -2.35. The maximum atomic E-state index is 15.1. The molecule has 0 radical (unpaired) electrons. The Balaban J connectivity index is 1.05. The average molecular weight is 913 g/mol. The van der Waals surface area contributed by atoms with Crippen LogP contribution in [0.5, 0.6) is 17.4 Å². The van der Waals surface area contributed by atoms with Gasteiger partial charge in [-0.15, -0.1) is 0 Å². The van der Waals surface area contributed by atoms with Crippen LogP contribution in [0.4, 0.5) is 4.79 Å². The first-order valence-electron chi connectivity index (χ1n) is 23.2. The summed E-state index contributed by atoms with van der Waals surface area (Å²) in [4.78, 5) is 68.6. The fourth-order valence-electron chi connectivity index (χ4n) is 10.1. The number of carbonyl (C=O) groups excluding carboxylic acids is 4. The van der Waals surface area contributed by atoms with Gasteiger partial charge in [-0.1, -0.05) is 26.0 Å². The summed E-state index contributed by atoms with van der Waals surface area (Å²) in [6, 6.07) is 8.79. The molecule has 2 aliphatic heterocycles. The van der Waals surface area contributed by atoms with Crippen molar-refractivity contribution in [2.75, 3.05) is 13.7 Å². The first-order chi connectivity index (χ1) is 31.1. The van der Waals surface area contributed by atoms with E-state index in [1.54, 1.807) is 19.4 Å².